The summed E-state index contributed by atoms with van der Waals surface area (Å²) >= 11 is 0.943. The van der Waals surface area contributed by atoms with Gasteiger partial charge in [0.2, 0.25) is 5.13 Å². The van der Waals surface area contributed by atoms with Crippen LogP contribution in [0.2, 0.25) is 0 Å². The number of alkyl halides is 3. The van der Waals surface area contributed by atoms with Crippen LogP contribution in [-0.4, -0.2) is 26.6 Å². The molecule has 2 amide bonds. The summed E-state index contributed by atoms with van der Waals surface area (Å²) in [5.41, 5.74) is 4.36. The Morgan fingerprint density at radius 3 is 2.19 bits per heavy atom. The van der Waals surface area contributed by atoms with Crippen molar-refractivity contribution < 1.29 is 22.8 Å². The van der Waals surface area contributed by atoms with E-state index in [1.807, 2.05) is 0 Å². The summed E-state index contributed by atoms with van der Waals surface area (Å²) in [6.07, 6.45) is -4.64. The molecular formula is C21H14F3N5O2S. The number of hydrazine groups is 1. The van der Waals surface area contributed by atoms with Gasteiger partial charge in [0.25, 0.3) is 11.8 Å². The zero-order valence-corrected chi connectivity index (χ0v) is 16.9. The van der Waals surface area contributed by atoms with E-state index in [-0.39, 0.29) is 16.5 Å². The Morgan fingerprint density at radius 1 is 0.906 bits per heavy atom. The van der Waals surface area contributed by atoms with E-state index in [9.17, 15) is 22.8 Å². The molecule has 0 fully saturated rings. The second kappa shape index (κ2) is 8.63. The molecule has 2 aromatic heterocycles. The summed E-state index contributed by atoms with van der Waals surface area (Å²) in [6.45, 7) is 0. The molecule has 0 aliphatic heterocycles. The van der Waals surface area contributed by atoms with E-state index in [1.165, 1.54) is 5.38 Å². The van der Waals surface area contributed by atoms with Crippen LogP contribution in [0.3, 0.4) is 0 Å². The molecular weight excluding hydrogens is 443 g/mol. The number of hydrogen-bond donors (Lipinski definition) is 2. The maximum absolute atomic E-state index is 13.3. The van der Waals surface area contributed by atoms with E-state index in [0.717, 1.165) is 22.1 Å². The van der Waals surface area contributed by atoms with Gasteiger partial charge in [-0.3, -0.25) is 20.4 Å². The average Bonchev–Trinajstić information content (AvgIpc) is 3.46. The van der Waals surface area contributed by atoms with Gasteiger partial charge in [-0.1, -0.05) is 48.5 Å². The molecule has 7 nitrogen and oxygen atoms in total. The third-order valence-electron chi connectivity index (χ3n) is 4.30. The Balaban J connectivity index is 1.57. The number of rotatable bonds is 4. The van der Waals surface area contributed by atoms with Gasteiger partial charge < -0.3 is 0 Å². The molecule has 0 aliphatic carbocycles. The van der Waals surface area contributed by atoms with Crippen molar-refractivity contribution in [3.63, 3.8) is 0 Å². The van der Waals surface area contributed by atoms with Crippen LogP contribution in [0, 0.1) is 0 Å². The SMILES string of the molecule is O=C(NNC(=O)c1csc(-n2nc(C(F)(F)F)cc2-c2ccccc2)n1)c1ccccc1. The van der Waals surface area contributed by atoms with Crippen LogP contribution in [0.4, 0.5) is 13.2 Å². The largest absolute Gasteiger partial charge is 0.435 e. The fourth-order valence-corrected chi connectivity index (χ4v) is 3.55. The van der Waals surface area contributed by atoms with E-state index in [4.69, 9.17) is 0 Å². The van der Waals surface area contributed by atoms with Crippen LogP contribution in [-0.2, 0) is 6.18 Å². The Kier molecular flexibility index (Phi) is 5.73. The molecule has 2 aromatic carbocycles. The first-order chi connectivity index (χ1) is 15.3. The van der Waals surface area contributed by atoms with Gasteiger partial charge in [0.05, 0.1) is 5.69 Å². The van der Waals surface area contributed by atoms with Crippen LogP contribution < -0.4 is 10.9 Å². The molecule has 4 rings (SSSR count). The number of hydrogen-bond acceptors (Lipinski definition) is 5. The molecule has 0 unspecified atom stereocenters. The lowest BCUT2D eigenvalue weighted by Crippen LogP contribution is -2.41. The van der Waals surface area contributed by atoms with Gasteiger partial charge in [-0.05, 0) is 18.2 Å². The Bertz CT molecular complexity index is 1250. The minimum Gasteiger partial charge on any atom is -0.267 e. The minimum absolute atomic E-state index is 0.0684. The van der Waals surface area contributed by atoms with Crippen molar-refractivity contribution in [2.75, 3.05) is 0 Å². The summed E-state index contributed by atoms with van der Waals surface area (Å²) < 4.78 is 40.8. The van der Waals surface area contributed by atoms with Crippen molar-refractivity contribution >= 4 is 23.2 Å². The van der Waals surface area contributed by atoms with E-state index >= 15 is 0 Å². The topological polar surface area (TPSA) is 88.9 Å². The van der Waals surface area contributed by atoms with Gasteiger partial charge in [-0.15, -0.1) is 11.3 Å². The third kappa shape index (κ3) is 4.52. The smallest absolute Gasteiger partial charge is 0.267 e. The Morgan fingerprint density at radius 2 is 1.53 bits per heavy atom. The second-order valence-electron chi connectivity index (χ2n) is 6.48. The summed E-state index contributed by atoms with van der Waals surface area (Å²) in [5, 5.41) is 5.09. The van der Waals surface area contributed by atoms with Gasteiger partial charge in [-0.25, -0.2) is 9.67 Å². The van der Waals surface area contributed by atoms with Crippen molar-refractivity contribution in [2.45, 2.75) is 6.18 Å². The van der Waals surface area contributed by atoms with Crippen LogP contribution in [0.1, 0.15) is 26.5 Å². The predicted molar refractivity (Wildman–Crippen MR) is 111 cm³/mol. The Labute approximate surface area is 183 Å². The quantitative estimate of drug-likeness (QED) is 0.452. The van der Waals surface area contributed by atoms with Gasteiger partial charge >= 0.3 is 6.18 Å². The molecule has 0 bridgehead atoms. The highest BCUT2D eigenvalue weighted by Gasteiger charge is 2.35. The van der Waals surface area contributed by atoms with Crippen molar-refractivity contribution in [2.24, 2.45) is 0 Å². The van der Waals surface area contributed by atoms with E-state index in [0.29, 0.717) is 11.1 Å². The first-order valence-corrected chi connectivity index (χ1v) is 10.1. The highest BCUT2D eigenvalue weighted by molar-refractivity contribution is 7.12. The molecule has 0 aliphatic rings. The second-order valence-corrected chi connectivity index (χ2v) is 7.32. The molecule has 0 radical (unpaired) electrons. The normalized spacial score (nSPS) is 11.2. The highest BCUT2D eigenvalue weighted by Crippen LogP contribution is 2.33. The molecule has 11 heteroatoms. The summed E-state index contributed by atoms with van der Waals surface area (Å²) in [4.78, 5) is 28.5. The summed E-state index contributed by atoms with van der Waals surface area (Å²) in [7, 11) is 0. The molecule has 162 valence electrons. The fraction of sp³-hybridized carbons (Fsp3) is 0.0476. The summed E-state index contributed by atoms with van der Waals surface area (Å²) in [6, 6.07) is 17.6. The first kappa shape index (κ1) is 21.2. The first-order valence-electron chi connectivity index (χ1n) is 9.17. The van der Waals surface area contributed by atoms with Crippen molar-refractivity contribution in [1.29, 1.82) is 0 Å². The average molecular weight is 457 g/mol. The van der Waals surface area contributed by atoms with E-state index < -0.39 is 23.7 Å². The highest BCUT2D eigenvalue weighted by atomic mass is 32.1. The van der Waals surface area contributed by atoms with Gasteiger partial charge in [-0.2, -0.15) is 18.3 Å². The van der Waals surface area contributed by atoms with Crippen LogP contribution in [0.5, 0.6) is 0 Å². The molecule has 0 atom stereocenters. The number of benzene rings is 2. The van der Waals surface area contributed by atoms with Crippen LogP contribution in [0.15, 0.2) is 72.1 Å². The van der Waals surface area contributed by atoms with Gasteiger partial charge in [0, 0.05) is 16.5 Å². The summed E-state index contributed by atoms with van der Waals surface area (Å²) in [5.74, 6) is -1.25. The number of aromatic nitrogens is 3. The van der Waals surface area contributed by atoms with Crippen LogP contribution >= 0.6 is 11.3 Å². The molecule has 4 aromatic rings. The number of nitrogens with one attached hydrogen (secondary N) is 2. The monoisotopic (exact) mass is 457 g/mol. The number of thiazole rings is 1. The molecule has 2 N–H and O–H groups in total. The predicted octanol–water partition coefficient (Wildman–Crippen LogP) is 4.09. The lowest BCUT2D eigenvalue weighted by atomic mass is 10.1. The number of nitrogens with zero attached hydrogens (tertiary/aromatic N) is 3. The number of carbonyl (C=O) groups is 2. The number of amides is 2. The zero-order valence-electron chi connectivity index (χ0n) is 16.1. The van der Waals surface area contributed by atoms with Crippen molar-refractivity contribution in [3.8, 4) is 16.4 Å². The van der Waals surface area contributed by atoms with Crippen molar-refractivity contribution in [1.82, 2.24) is 25.6 Å². The molecule has 0 saturated heterocycles. The molecule has 0 spiro atoms. The van der Waals surface area contributed by atoms with Crippen molar-refractivity contribution in [3.05, 3.63) is 89.1 Å². The molecule has 2 heterocycles. The maximum Gasteiger partial charge on any atom is 0.435 e. The maximum atomic E-state index is 13.3. The lowest BCUT2D eigenvalue weighted by molar-refractivity contribution is -0.141. The van der Waals surface area contributed by atoms with Gasteiger partial charge in [0.1, 0.15) is 5.69 Å². The number of halogens is 3. The minimum atomic E-state index is -4.64. The fourth-order valence-electron chi connectivity index (χ4n) is 2.79. The zero-order chi connectivity index (χ0) is 22.7. The number of carbonyl (C=O) groups excluding carboxylic acids is 2. The van der Waals surface area contributed by atoms with Crippen LogP contribution in [0.25, 0.3) is 16.4 Å². The third-order valence-corrected chi connectivity index (χ3v) is 5.12. The standard InChI is InChI=1S/C21H14F3N5O2S/c22-21(23,24)17-11-16(13-7-3-1-4-8-13)29(28-17)20-25-15(12-32-20)19(31)27-26-18(30)14-9-5-2-6-10-14/h1-12H,(H,26,30)(H,27,31). The molecule has 0 saturated carbocycles. The molecule has 32 heavy (non-hydrogen) atoms. The van der Waals surface area contributed by atoms with E-state index in [2.05, 4.69) is 20.9 Å². The lowest BCUT2D eigenvalue weighted by Gasteiger charge is -2.06. The Hall–Kier alpha value is -3.99. The van der Waals surface area contributed by atoms with Gasteiger partial charge in [0.15, 0.2) is 5.69 Å². The van der Waals surface area contributed by atoms with E-state index in [1.54, 1.807) is 60.7 Å².